The van der Waals surface area contributed by atoms with E-state index in [0.717, 1.165) is 16.2 Å². The van der Waals surface area contributed by atoms with E-state index < -0.39 is 222 Å². The summed E-state index contributed by atoms with van der Waals surface area (Å²) < 4.78 is 119. The Balaban J connectivity index is 0.662. The number of aromatic amines is 3. The van der Waals surface area contributed by atoms with Crippen LogP contribution in [0.15, 0.2) is 68.0 Å². The van der Waals surface area contributed by atoms with Gasteiger partial charge in [-0.25, -0.2) is 44.5 Å². The van der Waals surface area contributed by atoms with E-state index in [0.29, 0.717) is 0 Å². The number of H-pyrrole nitrogens is 3. The Morgan fingerprint density at radius 3 is 1.40 bits per heavy atom. The first-order valence-electron chi connectivity index (χ1n) is 34.6. The summed E-state index contributed by atoms with van der Waals surface area (Å²) in [6, 6.07) is 0. The van der Waals surface area contributed by atoms with Crippen molar-refractivity contribution in [3.05, 3.63) is 107 Å². The summed E-state index contributed by atoms with van der Waals surface area (Å²) in [5.41, 5.74) is 9.46. The molecular weight excluding hydrogens is 1730 g/mol. The van der Waals surface area contributed by atoms with E-state index in [1.165, 1.54) is 78.5 Å². The van der Waals surface area contributed by atoms with E-state index in [-0.39, 0.29) is 75.0 Å². The first-order chi connectivity index (χ1) is 54.3. The van der Waals surface area contributed by atoms with Crippen molar-refractivity contribution in [2.75, 3.05) is 57.3 Å². The largest absolute Gasteiger partial charge is 0.393 e. The number of nitrogens with two attached hydrogens (primary N) is 3. The van der Waals surface area contributed by atoms with Gasteiger partial charge in [-0.3, -0.25) is 65.7 Å². The topological polar surface area (TPSA) is 626 Å². The molecule has 8 unspecified atom stereocenters. The molecule has 0 amide bonds. The van der Waals surface area contributed by atoms with E-state index in [2.05, 4.69) is 54.8 Å². The van der Waals surface area contributed by atoms with Gasteiger partial charge in [-0.05, 0) is 93.7 Å². The van der Waals surface area contributed by atoms with Crippen molar-refractivity contribution < 1.29 is 113 Å². The maximum absolute atomic E-state index is 13.7. The number of nitrogen functional groups attached to an aromatic ring is 3. The van der Waals surface area contributed by atoms with Gasteiger partial charge in [-0.2, -0.15) is 4.98 Å². The van der Waals surface area contributed by atoms with Crippen molar-refractivity contribution in [3.8, 4) is 0 Å². The highest BCUT2D eigenvalue weighted by Gasteiger charge is 2.72. The molecule has 8 aromatic rings. The van der Waals surface area contributed by atoms with Gasteiger partial charge in [-0.1, -0.05) is 0 Å². The van der Waals surface area contributed by atoms with Crippen LogP contribution in [-0.4, -0.2) is 244 Å². The predicted octanol–water partition coefficient (Wildman–Crippen LogP) is -1.28. The number of anilines is 3. The van der Waals surface area contributed by atoms with E-state index >= 15 is 0 Å². The van der Waals surface area contributed by atoms with Crippen LogP contribution in [0, 0.1) is 13.8 Å². The maximum Gasteiger partial charge on any atom is 0.330 e. The standard InChI is InChI=1S/C57H72N19O29P5S5/c1-21-9-72(53(81)70-46(21)78)30-7-26(101-106(83,111)88-6)28(96-30)11-89-107(84,112)102-27-8-31(74-18-65-32-41(58)61-16-63-43(32)74)97-29(27)12-90-108(85,113)104-40-37-50(75-19-66-33-42(59)62-17-64-44(33)75)100-57(40,25(5)95-37)15-92-110(87,115)105-39-36-49(73-10-22(2)47(79)71-54(73)82)99-56(39,24(4)94-36)14-91-109(86,114)103-38-35-51(98-55(38,13-77)23(3)93-35)76-20-67-34-45(76)68-52(60)69-48(34)80/h9-10,16-20,23-31,35-40,49-51,77H,7-8,11-15H2,1-6H3,(H,83,111)(H,84,112)(H,85,113)(H,86,114)(H,87,115)(H2,58,61,63)(H2,59,62,64)(H,70,78,81)(H,71,79,82)(H3,60,68,69,80)/t23-,24-,25-,26+,27+,28+,29+,30+,31+,35?,36?,37?,38+,39+,40+,49+,50+,51+,55-,56-,57-,106?,107?,108?,109?,110?/m0/s1. The predicted molar refractivity (Wildman–Crippen MR) is 408 cm³/mol. The van der Waals surface area contributed by atoms with Crippen LogP contribution in [0.4, 0.5) is 17.6 Å². The summed E-state index contributed by atoms with van der Waals surface area (Å²) in [5.74, 6) is -0.227. The molecule has 15 N–H and O–H groups in total. The lowest BCUT2D eigenvalue weighted by Crippen LogP contribution is -2.52. The van der Waals surface area contributed by atoms with Crippen LogP contribution in [-0.2, 0) is 142 Å². The molecule has 8 aromatic heterocycles. The normalized spacial score (nSPS) is 34.8. The Morgan fingerprint density at radius 2 is 0.896 bits per heavy atom. The molecule has 6 bridgehead atoms. The number of rotatable bonds is 29. The zero-order chi connectivity index (χ0) is 81.9. The summed E-state index contributed by atoms with van der Waals surface area (Å²) in [4.78, 5) is 166. The summed E-state index contributed by atoms with van der Waals surface area (Å²) in [5, 5.41) is 11.1. The Bertz CT molecular complexity index is 5770. The number of aliphatic hydroxyl groups excluding tert-OH is 1. The van der Waals surface area contributed by atoms with Crippen molar-refractivity contribution in [3.63, 3.8) is 0 Å². The average Bonchev–Trinajstić information content (AvgIpc) is 1.55. The van der Waals surface area contributed by atoms with Gasteiger partial charge in [0.15, 0.2) is 52.8 Å². The fourth-order valence-corrected chi connectivity index (χ4v) is 22.2. The third-order valence-corrected chi connectivity index (χ3v) is 29.0. The van der Waals surface area contributed by atoms with Crippen LogP contribution in [0.3, 0.4) is 0 Å². The fraction of sp³-hybridized carbons (Fsp3) is 0.596. The summed E-state index contributed by atoms with van der Waals surface area (Å²) in [6.07, 6.45) is -14.6. The number of hydrogen-bond donors (Lipinski definition) is 12. The third-order valence-electron chi connectivity index (χ3n) is 21.1. The number of ether oxygens (including phenoxy) is 8. The van der Waals surface area contributed by atoms with E-state index in [4.69, 9.17) is 159 Å². The van der Waals surface area contributed by atoms with Crippen LogP contribution < -0.4 is 45.3 Å². The molecule has 8 fully saturated rings. The molecule has 58 heteroatoms. The molecule has 26 atom stereocenters. The summed E-state index contributed by atoms with van der Waals surface area (Å²) in [7, 11) is 1.12. The van der Waals surface area contributed by atoms with E-state index in [1.54, 1.807) is 13.8 Å². The minimum absolute atomic E-state index is 0.0118. The van der Waals surface area contributed by atoms with Gasteiger partial charge in [0.2, 0.25) is 5.95 Å². The monoisotopic (exact) mass is 1800 g/mol. The molecule has 48 nitrogen and oxygen atoms in total. The Hall–Kier alpha value is -5.50. The SMILES string of the molecule is COP(O)(=S)O[C@@H]1C[C@H](n2cc(C)c(=O)[nH]c2=O)O[C@@H]1COP(O)(=S)O[C@@H]1C[C@H](n2cnc3c(N)ncnc32)O[C@@H]1COP(O)(=S)O[C@@H]1C2O[C@@H](C)[C@]1(COP(O)(=S)O[C@@H]1C3O[C@@H](C)[C@]1(COP(O)(=S)O[C@@H]1C4O[C@@H](C)[C@]1(CO)O[C@H]4n1cnc4c(=O)[nH]c(N)nc41)O[C@H]3n1cc(C)c(=O)[nH]c1=O)O[C@H]2n1cnc2c(N)ncnc21. The zero-order valence-corrected chi connectivity index (χ0v) is 68.8. The zero-order valence-electron chi connectivity index (χ0n) is 60.3. The Kier molecular flexibility index (Phi) is 22.1. The average molecular weight is 1800 g/mol. The minimum Gasteiger partial charge on any atom is -0.393 e. The molecule has 0 spiro atoms. The molecule has 16 rings (SSSR count). The van der Waals surface area contributed by atoms with Gasteiger partial charge >= 0.3 is 45.0 Å². The van der Waals surface area contributed by atoms with Gasteiger partial charge in [0, 0.05) is 43.5 Å². The summed E-state index contributed by atoms with van der Waals surface area (Å²) in [6.45, 7) is -18.9. The van der Waals surface area contributed by atoms with Gasteiger partial charge in [0.25, 0.3) is 16.7 Å². The van der Waals surface area contributed by atoms with E-state index in [1.807, 2.05) is 0 Å². The van der Waals surface area contributed by atoms with Crippen LogP contribution in [0.25, 0.3) is 33.5 Å². The Labute approximate surface area is 669 Å². The highest BCUT2D eigenvalue weighted by molar-refractivity contribution is 8.08. The number of nitrogens with zero attached hydrogens (tertiary/aromatic N) is 13. The second-order valence-corrected chi connectivity index (χ2v) is 42.0. The van der Waals surface area contributed by atoms with Crippen molar-refractivity contribution in [1.82, 2.24) is 77.7 Å². The number of aryl methyl sites for hydroxylation is 2. The van der Waals surface area contributed by atoms with Gasteiger partial charge < -0.3 is 116 Å². The third kappa shape index (κ3) is 15.1. The number of hydrogen-bond acceptors (Lipinski definition) is 40. The fourth-order valence-electron chi connectivity index (χ4n) is 15.4. The molecule has 624 valence electrons. The molecule has 16 heterocycles. The smallest absolute Gasteiger partial charge is 0.330 e. The van der Waals surface area contributed by atoms with Crippen LogP contribution >= 0.6 is 33.6 Å². The van der Waals surface area contributed by atoms with Crippen LogP contribution in [0.2, 0.25) is 0 Å². The van der Waals surface area contributed by atoms with Crippen molar-refractivity contribution in [1.29, 1.82) is 0 Å². The quantitative estimate of drug-likeness (QED) is 0.0243. The summed E-state index contributed by atoms with van der Waals surface area (Å²) >= 11 is 28.1. The molecular formula is C57H72N19O29P5S5. The van der Waals surface area contributed by atoms with Gasteiger partial charge in [-0.15, -0.1) is 0 Å². The first-order valence-corrected chi connectivity index (χ1v) is 47.6. The number of imidazole rings is 3. The Morgan fingerprint density at radius 1 is 0.496 bits per heavy atom. The number of aliphatic hydroxyl groups is 1. The highest BCUT2D eigenvalue weighted by Crippen LogP contribution is 2.64. The molecule has 115 heavy (non-hydrogen) atoms. The molecule has 8 aliphatic rings. The maximum atomic E-state index is 13.7. The van der Waals surface area contributed by atoms with Gasteiger partial charge in [0.05, 0.1) is 82.5 Å². The second-order valence-electron chi connectivity index (χ2n) is 27.9. The molecule has 8 aliphatic heterocycles. The molecule has 0 saturated carbocycles. The van der Waals surface area contributed by atoms with Gasteiger partial charge in [0.1, 0.15) is 102 Å². The lowest BCUT2D eigenvalue weighted by atomic mass is 9.94. The van der Waals surface area contributed by atoms with Crippen LogP contribution in [0.5, 0.6) is 0 Å². The molecule has 0 radical (unpaired) electrons. The molecule has 8 saturated heterocycles. The van der Waals surface area contributed by atoms with Crippen LogP contribution in [0.1, 0.15) is 75.9 Å². The second kappa shape index (κ2) is 30.6. The van der Waals surface area contributed by atoms with Crippen molar-refractivity contribution in [2.45, 2.75) is 175 Å². The number of nitrogens with one attached hydrogen (secondary N) is 3. The molecule has 0 aromatic carbocycles. The first kappa shape index (κ1) is 83.2. The number of fused-ring (bicyclic) bond motifs is 9. The van der Waals surface area contributed by atoms with E-state index in [9.17, 15) is 53.5 Å². The lowest BCUT2D eigenvalue weighted by molar-refractivity contribution is -0.218. The highest BCUT2D eigenvalue weighted by atomic mass is 32.5. The minimum atomic E-state index is -4.87. The van der Waals surface area contributed by atoms with Crippen molar-refractivity contribution in [2.24, 2.45) is 0 Å². The molecule has 0 aliphatic carbocycles. The lowest BCUT2D eigenvalue weighted by Gasteiger charge is -2.38. The van der Waals surface area contributed by atoms with Crippen molar-refractivity contribution >= 4 is 144 Å². The number of aromatic nitrogens is 16.